The highest BCUT2D eigenvalue weighted by Gasteiger charge is 2.35. The quantitative estimate of drug-likeness (QED) is 0.175. The fraction of sp³-hybridized carbons (Fsp3) is 0.286. The second-order valence-corrected chi connectivity index (χ2v) is 15.7. The molecule has 0 heterocycles. The van der Waals surface area contributed by atoms with Crippen molar-refractivity contribution in [2.24, 2.45) is 0 Å². The van der Waals surface area contributed by atoms with Crippen molar-refractivity contribution in [2.75, 3.05) is 0 Å². The second kappa shape index (κ2) is 12.4. The zero-order chi connectivity index (χ0) is 29.3. The molecule has 0 amide bonds. The number of hydrogen-bond acceptors (Lipinski definition) is 1. The molecular weight excluding hydrogens is 551 g/mol. The van der Waals surface area contributed by atoms with Gasteiger partial charge in [-0.15, -0.1) is 0 Å². The van der Waals surface area contributed by atoms with E-state index in [9.17, 15) is 0 Å². The summed E-state index contributed by atoms with van der Waals surface area (Å²) in [4.78, 5) is 0. The van der Waals surface area contributed by atoms with Crippen molar-refractivity contribution >= 4 is 45.5 Å². The largest absolute Gasteiger partial charge is 0.457 e. The van der Waals surface area contributed by atoms with Crippen LogP contribution < -0.4 is 10.0 Å². The van der Waals surface area contributed by atoms with Gasteiger partial charge in [0.1, 0.15) is 11.5 Å². The van der Waals surface area contributed by atoms with Crippen LogP contribution in [-0.4, -0.2) is 11.3 Å². The number of hydrogen-bond donors (Lipinski definition) is 0. The second-order valence-electron chi connectivity index (χ2n) is 12.9. The van der Waals surface area contributed by atoms with Gasteiger partial charge < -0.3 is 4.74 Å². The van der Waals surface area contributed by atoms with E-state index < -0.39 is 0 Å². The van der Waals surface area contributed by atoms with E-state index in [0.717, 1.165) is 22.8 Å². The highest BCUT2D eigenvalue weighted by molar-refractivity contribution is 7.67. The Bertz CT molecular complexity index is 1910. The van der Waals surface area contributed by atoms with Gasteiger partial charge in [0, 0.05) is 11.1 Å². The number of fused-ring (bicyclic) bond motifs is 3. The van der Waals surface area contributed by atoms with Gasteiger partial charge in [0.15, 0.2) is 0 Å². The Hall–Kier alpha value is -3.67. The summed E-state index contributed by atoms with van der Waals surface area (Å²) < 4.78 is 6.96. The molecule has 0 radical (unpaired) electrons. The molecule has 0 unspecified atom stereocenters. The molecule has 6 aromatic rings. The van der Waals surface area contributed by atoms with Gasteiger partial charge in [0.05, 0.1) is 0 Å². The van der Waals surface area contributed by atoms with Gasteiger partial charge in [0.25, 0.3) is 0 Å². The Morgan fingerprint density at radius 2 is 0.977 bits per heavy atom. The lowest BCUT2D eigenvalue weighted by molar-refractivity contribution is 0.485. The summed E-state index contributed by atoms with van der Waals surface area (Å²) in [6, 6.07) is 42.5. The molecule has 0 spiro atoms. The molecule has 0 atom stereocenters. The molecule has 1 nitrogen and oxygen atoms in total. The first kappa shape index (κ1) is 27.8. The molecule has 2 aliphatic carbocycles. The first-order chi connectivity index (χ1) is 21.8. The SMILES string of the molecule is c1ccc2cc(Oc3ccc4ccccc4c3-c3c(P(C4CCCCC4)C4CCCCC4)ccc4ccccc34)ccc2c1. The summed E-state index contributed by atoms with van der Waals surface area (Å²) in [5.41, 5.74) is 4.34. The van der Waals surface area contributed by atoms with Crippen LogP contribution in [0.1, 0.15) is 64.2 Å². The maximum atomic E-state index is 6.96. The van der Waals surface area contributed by atoms with Crippen molar-refractivity contribution in [1.82, 2.24) is 0 Å². The van der Waals surface area contributed by atoms with E-state index >= 15 is 0 Å². The van der Waals surface area contributed by atoms with Crippen LogP contribution >= 0.6 is 7.92 Å². The monoisotopic (exact) mass is 592 g/mol. The van der Waals surface area contributed by atoms with Gasteiger partial charge in [-0.05, 0) is 92.8 Å². The van der Waals surface area contributed by atoms with E-state index in [1.54, 1.807) is 5.30 Å². The lowest BCUT2D eigenvalue weighted by Crippen LogP contribution is -2.27. The Morgan fingerprint density at radius 3 is 1.64 bits per heavy atom. The van der Waals surface area contributed by atoms with Crippen LogP contribution in [0, 0.1) is 0 Å². The minimum Gasteiger partial charge on any atom is -0.457 e. The van der Waals surface area contributed by atoms with E-state index in [4.69, 9.17) is 4.74 Å². The minimum atomic E-state index is -0.316. The highest BCUT2D eigenvalue weighted by atomic mass is 31.1. The first-order valence-electron chi connectivity index (χ1n) is 16.8. The summed E-state index contributed by atoms with van der Waals surface area (Å²) in [6.07, 6.45) is 14.0. The molecule has 0 saturated heterocycles. The molecule has 0 N–H and O–H groups in total. The van der Waals surface area contributed by atoms with Gasteiger partial charge in [-0.2, -0.15) is 0 Å². The maximum Gasteiger partial charge on any atom is 0.135 e. The van der Waals surface area contributed by atoms with Crippen molar-refractivity contribution in [3.05, 3.63) is 115 Å². The van der Waals surface area contributed by atoms with Gasteiger partial charge in [-0.25, -0.2) is 0 Å². The Labute approximate surface area is 263 Å². The van der Waals surface area contributed by atoms with Crippen LogP contribution in [0.5, 0.6) is 11.5 Å². The third-order valence-electron chi connectivity index (χ3n) is 10.2. The molecule has 2 heteroatoms. The molecule has 0 aromatic heterocycles. The third-order valence-corrected chi connectivity index (χ3v) is 13.7. The highest BCUT2D eigenvalue weighted by Crippen LogP contribution is 2.57. The molecule has 2 fully saturated rings. The predicted octanol–water partition coefficient (Wildman–Crippen LogP) is 12.4. The minimum absolute atomic E-state index is 0.316. The van der Waals surface area contributed by atoms with E-state index in [1.165, 1.54) is 108 Å². The topological polar surface area (TPSA) is 9.23 Å². The standard InChI is InChI=1S/C42H41OP/c1-3-17-35(18-4-1)44(36-19-5-2-6-20-36)40-28-25-32-15-10-12-22-38(32)42(40)41-37-21-11-9-14-31(37)24-27-39(41)43-34-26-23-30-13-7-8-16-33(30)29-34/h7-16,21-29,35-36H,1-6,17-20H2. The van der Waals surface area contributed by atoms with Gasteiger partial charge in [0.2, 0.25) is 0 Å². The normalized spacial score (nSPS) is 16.7. The number of rotatable bonds is 6. The Balaban J connectivity index is 1.38. The molecular formula is C42H41OP. The average molecular weight is 593 g/mol. The van der Waals surface area contributed by atoms with Crippen molar-refractivity contribution in [1.29, 1.82) is 0 Å². The molecule has 0 bridgehead atoms. The zero-order valence-corrected chi connectivity index (χ0v) is 26.4. The zero-order valence-electron chi connectivity index (χ0n) is 25.6. The van der Waals surface area contributed by atoms with Gasteiger partial charge in [-0.3, -0.25) is 0 Å². The van der Waals surface area contributed by atoms with Crippen LogP contribution in [-0.2, 0) is 0 Å². The lowest BCUT2D eigenvalue weighted by atomic mass is 9.93. The van der Waals surface area contributed by atoms with E-state index in [-0.39, 0.29) is 7.92 Å². The first-order valence-corrected chi connectivity index (χ1v) is 18.3. The van der Waals surface area contributed by atoms with Crippen molar-refractivity contribution in [3.63, 3.8) is 0 Å². The lowest BCUT2D eigenvalue weighted by Gasteiger charge is -2.40. The number of ether oxygens (including phenoxy) is 1. The molecule has 2 saturated carbocycles. The van der Waals surface area contributed by atoms with Crippen LogP contribution in [0.25, 0.3) is 43.4 Å². The average Bonchev–Trinajstić information content (AvgIpc) is 3.09. The fourth-order valence-electron chi connectivity index (χ4n) is 8.10. The molecule has 44 heavy (non-hydrogen) atoms. The molecule has 8 rings (SSSR count). The summed E-state index contributed by atoms with van der Waals surface area (Å²) in [5, 5.41) is 9.30. The fourth-order valence-corrected chi connectivity index (χ4v) is 12.1. The smallest absolute Gasteiger partial charge is 0.135 e. The van der Waals surface area contributed by atoms with Crippen molar-refractivity contribution < 1.29 is 4.74 Å². The molecule has 220 valence electrons. The van der Waals surface area contributed by atoms with Gasteiger partial charge >= 0.3 is 0 Å². The number of benzene rings is 6. The Kier molecular flexibility index (Phi) is 7.83. The van der Waals surface area contributed by atoms with Crippen LogP contribution in [0.3, 0.4) is 0 Å². The van der Waals surface area contributed by atoms with Crippen LogP contribution in [0.4, 0.5) is 0 Å². The third kappa shape index (κ3) is 5.31. The van der Waals surface area contributed by atoms with Crippen molar-refractivity contribution in [3.8, 4) is 22.6 Å². The maximum absolute atomic E-state index is 6.96. The summed E-state index contributed by atoms with van der Waals surface area (Å²) >= 11 is 0. The van der Waals surface area contributed by atoms with Crippen molar-refractivity contribution in [2.45, 2.75) is 75.5 Å². The molecule has 6 aromatic carbocycles. The van der Waals surface area contributed by atoms with Crippen LogP contribution in [0.15, 0.2) is 115 Å². The van der Waals surface area contributed by atoms with Crippen LogP contribution in [0.2, 0.25) is 0 Å². The van der Waals surface area contributed by atoms with E-state index in [1.807, 2.05) is 0 Å². The summed E-state index contributed by atoms with van der Waals surface area (Å²) in [5.74, 6) is 1.85. The predicted molar refractivity (Wildman–Crippen MR) is 191 cm³/mol. The summed E-state index contributed by atoms with van der Waals surface area (Å²) in [6.45, 7) is 0. The molecule has 2 aliphatic rings. The summed E-state index contributed by atoms with van der Waals surface area (Å²) in [7, 11) is -0.316. The Morgan fingerprint density at radius 1 is 0.455 bits per heavy atom. The van der Waals surface area contributed by atoms with E-state index in [2.05, 4.69) is 115 Å². The van der Waals surface area contributed by atoms with E-state index in [0.29, 0.717) is 0 Å². The van der Waals surface area contributed by atoms with Gasteiger partial charge in [-0.1, -0.05) is 144 Å². The molecule has 0 aliphatic heterocycles.